The summed E-state index contributed by atoms with van der Waals surface area (Å²) < 4.78 is 54.2. The van der Waals surface area contributed by atoms with Crippen LogP contribution in [-0.2, 0) is 24.4 Å². The minimum Gasteiger partial charge on any atom is -0.353 e. The fourth-order valence-electron chi connectivity index (χ4n) is 0.597. The van der Waals surface area contributed by atoms with E-state index in [1.807, 2.05) is 0 Å². The highest BCUT2D eigenvalue weighted by Crippen LogP contribution is 1.97. The summed E-state index contributed by atoms with van der Waals surface area (Å²) in [6, 6.07) is -0.989. The van der Waals surface area contributed by atoms with E-state index in [0.717, 1.165) is 0 Å². The van der Waals surface area contributed by atoms with Crippen LogP contribution >= 0.6 is 0 Å². The zero-order chi connectivity index (χ0) is 11.4. The van der Waals surface area contributed by atoms with Gasteiger partial charge in [0, 0.05) is 0 Å². The number of hydrogen-bond acceptors (Lipinski definition) is 6. The number of hydrogen-bond donors (Lipinski definition) is 3. The molecule has 0 aromatic heterocycles. The quantitative estimate of drug-likeness (QED) is 0.231. The maximum atomic E-state index is 10.8. The summed E-state index contributed by atoms with van der Waals surface area (Å²) in [5.41, 5.74) is 4.65. The van der Waals surface area contributed by atoms with Crippen LogP contribution < -0.4 is 5.73 Å². The molecule has 0 aromatic carbocycles. The van der Waals surface area contributed by atoms with Gasteiger partial charge in [0.15, 0.2) is 0 Å². The Morgan fingerprint density at radius 2 is 1.79 bits per heavy atom. The summed E-state index contributed by atoms with van der Waals surface area (Å²) in [7, 11) is -8.21. The molecule has 0 bridgehead atoms. The summed E-state index contributed by atoms with van der Waals surface area (Å²) in [5.74, 6) is -1.32. The Hall–Kier alpha value is -0.870. The van der Waals surface area contributed by atoms with Gasteiger partial charge in [-0.3, -0.25) is 9.96 Å². The van der Waals surface area contributed by atoms with Gasteiger partial charge in [-0.15, -0.1) is 0 Å². The van der Waals surface area contributed by atoms with E-state index in [4.69, 9.17) is 9.96 Å². The van der Waals surface area contributed by atoms with Crippen LogP contribution in [0.5, 0.6) is 0 Å². The molecule has 0 fully saturated rings. The first-order valence-electron chi connectivity index (χ1n) is 3.34. The van der Waals surface area contributed by atoms with Crippen molar-refractivity contribution in [2.24, 2.45) is 5.73 Å². The van der Waals surface area contributed by atoms with Gasteiger partial charge in [0.25, 0.3) is 16.1 Å². The molecular weight excluding hydrogens is 236 g/mol. The molecule has 0 aliphatic rings. The number of nitrogens with two attached hydrogens (primary N) is 1. The van der Waals surface area contributed by atoms with Gasteiger partial charge in [-0.1, -0.05) is 0 Å². The minimum absolute atomic E-state index is 0.325. The molecule has 0 rings (SSSR count). The third kappa shape index (κ3) is 7.76. The summed E-state index contributed by atoms with van der Waals surface area (Å²) >= 11 is 0. The maximum Gasteiger partial charge on any atom is 0.311 e. The van der Waals surface area contributed by atoms with E-state index in [1.165, 1.54) is 0 Å². The molecule has 0 aliphatic heterocycles. The highest BCUT2D eigenvalue weighted by atomic mass is 32.2. The van der Waals surface area contributed by atoms with Crippen LogP contribution in [0, 0.1) is 5.41 Å². The average Bonchev–Trinajstić information content (AvgIpc) is 1.78. The van der Waals surface area contributed by atoms with E-state index in [2.05, 4.69) is 9.92 Å². The summed E-state index contributed by atoms with van der Waals surface area (Å²) in [4.78, 5) is 0. The van der Waals surface area contributed by atoms with E-state index < -0.39 is 37.8 Å². The Balaban J connectivity index is 4.08. The van der Waals surface area contributed by atoms with Gasteiger partial charge in [0.1, 0.15) is 0 Å². The molecule has 0 aliphatic carbocycles. The van der Waals surface area contributed by atoms with Gasteiger partial charge in [-0.05, 0) is 6.42 Å². The van der Waals surface area contributed by atoms with Crippen LogP contribution in [0.4, 0.5) is 0 Å². The zero-order valence-electron chi connectivity index (χ0n) is 7.00. The third-order valence-electron chi connectivity index (χ3n) is 1.01. The number of nitrogens with one attached hydrogen (secondary N) is 1. The van der Waals surface area contributed by atoms with E-state index >= 15 is 0 Å². The Bertz CT molecular complexity index is 396. The monoisotopic (exact) mass is 246 g/mol. The van der Waals surface area contributed by atoms with Crippen molar-refractivity contribution in [1.82, 2.24) is 0 Å². The first-order chi connectivity index (χ1) is 6.12. The maximum absolute atomic E-state index is 10.8. The van der Waals surface area contributed by atoms with E-state index in [-0.39, 0.29) is 6.42 Å². The lowest BCUT2D eigenvalue weighted by Gasteiger charge is -2.02. The van der Waals surface area contributed by atoms with Crippen LogP contribution in [0.1, 0.15) is 6.42 Å². The predicted octanol–water partition coefficient (Wildman–Crippen LogP) is -1.50. The van der Waals surface area contributed by atoms with Crippen LogP contribution in [0.15, 0.2) is 0 Å². The molecule has 0 aromatic rings. The second kappa shape index (κ2) is 4.57. The molecule has 8 nitrogen and oxygen atoms in total. The SMILES string of the molecule is N=C(N)OS(=O)(=O)CCCS(=O)(=O)O. The van der Waals surface area contributed by atoms with E-state index in [9.17, 15) is 16.8 Å². The summed E-state index contributed by atoms with van der Waals surface area (Å²) in [6.07, 6.45) is -0.325. The minimum atomic E-state index is -4.18. The highest BCUT2D eigenvalue weighted by molar-refractivity contribution is 7.87. The molecule has 10 heteroatoms. The van der Waals surface area contributed by atoms with Crippen molar-refractivity contribution in [1.29, 1.82) is 5.41 Å². The molecule has 0 atom stereocenters. The Labute approximate surface area is 81.4 Å². The van der Waals surface area contributed by atoms with E-state index in [1.54, 1.807) is 0 Å². The standard InChI is InChI=1S/C4H10N2O6S2/c5-4(6)12-14(10,11)3-1-2-13(7,8)9/h1-3H2,(H3,5,6)(H,7,8,9). The second-order valence-corrected chi connectivity index (χ2v) is 5.61. The molecular formula is C4H10N2O6S2. The Morgan fingerprint density at radius 3 is 2.14 bits per heavy atom. The number of amidine groups is 1. The zero-order valence-corrected chi connectivity index (χ0v) is 8.64. The lowest BCUT2D eigenvalue weighted by atomic mass is 10.6. The molecule has 0 unspecified atom stereocenters. The van der Waals surface area contributed by atoms with Crippen LogP contribution in [0.3, 0.4) is 0 Å². The topological polar surface area (TPSA) is 148 Å². The van der Waals surface area contributed by atoms with Crippen molar-refractivity contribution in [2.45, 2.75) is 6.42 Å². The van der Waals surface area contributed by atoms with Crippen LogP contribution in [0.2, 0.25) is 0 Å². The molecule has 0 radical (unpaired) electrons. The molecule has 0 amide bonds. The Kier molecular flexibility index (Phi) is 4.29. The predicted molar refractivity (Wildman–Crippen MR) is 47.8 cm³/mol. The van der Waals surface area contributed by atoms with Gasteiger partial charge >= 0.3 is 10.1 Å². The summed E-state index contributed by atoms with van der Waals surface area (Å²) in [6.45, 7) is 0. The normalized spacial score (nSPS) is 12.4. The second-order valence-electron chi connectivity index (χ2n) is 2.35. The van der Waals surface area contributed by atoms with Gasteiger partial charge in [0.2, 0.25) is 0 Å². The van der Waals surface area contributed by atoms with Gasteiger partial charge in [-0.2, -0.15) is 16.8 Å². The third-order valence-corrected chi connectivity index (χ3v) is 3.04. The smallest absolute Gasteiger partial charge is 0.311 e. The van der Waals surface area contributed by atoms with Crippen molar-refractivity contribution in [3.05, 3.63) is 0 Å². The van der Waals surface area contributed by atoms with Gasteiger partial charge in [0.05, 0.1) is 11.5 Å². The largest absolute Gasteiger partial charge is 0.353 e. The fraction of sp³-hybridized carbons (Fsp3) is 0.750. The highest BCUT2D eigenvalue weighted by Gasteiger charge is 2.15. The van der Waals surface area contributed by atoms with Crippen molar-refractivity contribution in [2.75, 3.05) is 11.5 Å². The lowest BCUT2D eigenvalue weighted by molar-refractivity contribution is 0.472. The molecule has 84 valence electrons. The summed E-state index contributed by atoms with van der Waals surface area (Å²) in [5, 5.41) is 6.52. The molecule has 0 saturated heterocycles. The molecule has 0 spiro atoms. The average molecular weight is 246 g/mol. The Morgan fingerprint density at radius 1 is 1.29 bits per heavy atom. The van der Waals surface area contributed by atoms with Gasteiger partial charge < -0.3 is 9.92 Å². The van der Waals surface area contributed by atoms with Crippen molar-refractivity contribution in [3.8, 4) is 0 Å². The lowest BCUT2D eigenvalue weighted by Crippen LogP contribution is -2.22. The molecule has 0 saturated carbocycles. The van der Waals surface area contributed by atoms with E-state index in [0.29, 0.717) is 0 Å². The molecule has 4 N–H and O–H groups in total. The van der Waals surface area contributed by atoms with Crippen LogP contribution in [-0.4, -0.2) is 38.9 Å². The van der Waals surface area contributed by atoms with Crippen molar-refractivity contribution in [3.63, 3.8) is 0 Å². The van der Waals surface area contributed by atoms with Crippen molar-refractivity contribution < 1.29 is 25.6 Å². The molecule has 14 heavy (non-hydrogen) atoms. The van der Waals surface area contributed by atoms with Gasteiger partial charge in [-0.25, -0.2) is 0 Å². The first kappa shape index (κ1) is 13.1. The van der Waals surface area contributed by atoms with Crippen LogP contribution in [0.25, 0.3) is 0 Å². The fourth-order valence-corrected chi connectivity index (χ4v) is 2.14. The molecule has 0 heterocycles. The van der Waals surface area contributed by atoms with Crippen molar-refractivity contribution >= 4 is 26.3 Å². The first-order valence-corrected chi connectivity index (χ1v) is 6.52. The number of rotatable bonds is 5.